The summed E-state index contributed by atoms with van der Waals surface area (Å²) in [6, 6.07) is 2.13. The van der Waals surface area contributed by atoms with E-state index in [1.165, 1.54) is 13.1 Å². The lowest BCUT2D eigenvalue weighted by Crippen LogP contribution is -2.34. The molecule has 1 unspecified atom stereocenters. The molecule has 0 fully saturated rings. The number of hydrogen-bond acceptors (Lipinski definition) is 5. The topological polar surface area (TPSA) is 82.2 Å². The Labute approximate surface area is 145 Å². The Morgan fingerprint density at radius 1 is 1.23 bits per heavy atom. The fourth-order valence-electron chi connectivity index (χ4n) is 2.13. The smallest absolute Gasteiger partial charge is 0.417 e. The molecular formula is C15H18F4N4O3. The van der Waals surface area contributed by atoms with E-state index in [4.69, 9.17) is 9.84 Å². The zero-order valence-electron chi connectivity index (χ0n) is 14.5. The van der Waals surface area contributed by atoms with Crippen molar-refractivity contribution in [3.05, 3.63) is 34.0 Å². The van der Waals surface area contributed by atoms with E-state index in [9.17, 15) is 22.4 Å². The zero-order chi connectivity index (χ0) is 19.9. The first-order valence-corrected chi connectivity index (χ1v) is 7.53. The molecule has 0 aliphatic heterocycles. The molecule has 2 aromatic rings. The standard InChI is InChI=1S/C15H18F4N4O3/c1-14(2,3)8-5-10(23-13(25)22(4)20-21-23)11(6-9(8)16)26-7-12(24)15(17,18)19/h5-6,12,24H,7H2,1-4H3. The second-order valence-corrected chi connectivity index (χ2v) is 6.72. The maximum atomic E-state index is 14.4. The van der Waals surface area contributed by atoms with E-state index in [0.717, 1.165) is 15.4 Å². The number of aromatic nitrogens is 4. The van der Waals surface area contributed by atoms with E-state index in [-0.39, 0.29) is 17.0 Å². The molecular weight excluding hydrogens is 360 g/mol. The number of ether oxygens (including phenoxy) is 1. The van der Waals surface area contributed by atoms with Gasteiger partial charge in [-0.15, -0.1) is 0 Å². The third kappa shape index (κ3) is 4.03. The first-order chi connectivity index (χ1) is 11.8. The second-order valence-electron chi connectivity index (χ2n) is 6.72. The molecule has 1 N–H and O–H groups in total. The van der Waals surface area contributed by atoms with Gasteiger partial charge >= 0.3 is 11.9 Å². The Morgan fingerprint density at radius 3 is 2.31 bits per heavy atom. The average molecular weight is 378 g/mol. The van der Waals surface area contributed by atoms with Crippen LogP contribution in [0.1, 0.15) is 26.3 Å². The number of alkyl halides is 3. The highest BCUT2D eigenvalue weighted by molar-refractivity contribution is 5.50. The molecule has 7 nitrogen and oxygen atoms in total. The Bertz CT molecular complexity index is 852. The molecule has 0 saturated heterocycles. The van der Waals surface area contributed by atoms with Crippen LogP contribution < -0.4 is 10.4 Å². The van der Waals surface area contributed by atoms with E-state index >= 15 is 0 Å². The summed E-state index contributed by atoms with van der Waals surface area (Å²) in [5.74, 6) is -1.10. The molecule has 0 aliphatic rings. The Hall–Kier alpha value is -2.43. The summed E-state index contributed by atoms with van der Waals surface area (Å²) in [6.07, 6.45) is -7.66. The molecule has 11 heteroatoms. The molecule has 1 heterocycles. The number of tetrazole rings is 1. The van der Waals surface area contributed by atoms with E-state index < -0.39 is 35.8 Å². The molecule has 2 rings (SSSR count). The van der Waals surface area contributed by atoms with E-state index in [2.05, 4.69) is 10.4 Å². The highest BCUT2D eigenvalue weighted by atomic mass is 19.4. The fourth-order valence-corrected chi connectivity index (χ4v) is 2.13. The van der Waals surface area contributed by atoms with Crippen molar-refractivity contribution in [2.75, 3.05) is 6.61 Å². The predicted octanol–water partition coefficient (Wildman–Crippen LogP) is 1.70. The van der Waals surface area contributed by atoms with Crippen molar-refractivity contribution in [3.8, 4) is 11.4 Å². The number of halogens is 4. The lowest BCUT2D eigenvalue weighted by Gasteiger charge is -2.22. The van der Waals surface area contributed by atoms with Crippen LogP contribution in [0.5, 0.6) is 5.75 Å². The second kappa shape index (κ2) is 6.71. The van der Waals surface area contributed by atoms with Crippen molar-refractivity contribution in [2.24, 2.45) is 7.05 Å². The largest absolute Gasteiger partial charge is 0.488 e. The molecule has 0 saturated carbocycles. The first kappa shape index (κ1) is 19.9. The minimum Gasteiger partial charge on any atom is -0.488 e. The van der Waals surface area contributed by atoms with Crippen molar-refractivity contribution < 1.29 is 27.4 Å². The quantitative estimate of drug-likeness (QED) is 0.819. The van der Waals surface area contributed by atoms with Crippen LogP contribution in [0.25, 0.3) is 5.69 Å². The fraction of sp³-hybridized carbons (Fsp3) is 0.533. The molecule has 26 heavy (non-hydrogen) atoms. The van der Waals surface area contributed by atoms with Crippen LogP contribution in [0.3, 0.4) is 0 Å². The summed E-state index contributed by atoms with van der Waals surface area (Å²) >= 11 is 0. The van der Waals surface area contributed by atoms with Crippen LogP contribution >= 0.6 is 0 Å². The maximum absolute atomic E-state index is 14.4. The van der Waals surface area contributed by atoms with Crippen LogP contribution in [0.4, 0.5) is 17.6 Å². The van der Waals surface area contributed by atoms with Gasteiger partial charge in [-0.25, -0.2) is 9.18 Å². The summed E-state index contributed by atoms with van der Waals surface area (Å²) in [7, 11) is 1.33. The van der Waals surface area contributed by atoms with Gasteiger partial charge in [0, 0.05) is 13.1 Å². The van der Waals surface area contributed by atoms with Gasteiger partial charge in [-0.3, -0.25) is 0 Å². The minimum absolute atomic E-state index is 0.0798. The van der Waals surface area contributed by atoms with Gasteiger partial charge < -0.3 is 9.84 Å². The van der Waals surface area contributed by atoms with Gasteiger partial charge in [0.1, 0.15) is 23.9 Å². The summed E-state index contributed by atoms with van der Waals surface area (Å²) < 4.78 is 58.4. The first-order valence-electron chi connectivity index (χ1n) is 7.53. The number of benzene rings is 1. The van der Waals surface area contributed by atoms with Crippen LogP contribution in [0.15, 0.2) is 16.9 Å². The summed E-state index contributed by atoms with van der Waals surface area (Å²) in [5, 5.41) is 16.2. The normalized spacial score (nSPS) is 13.7. The maximum Gasteiger partial charge on any atom is 0.417 e. The Morgan fingerprint density at radius 2 is 1.85 bits per heavy atom. The monoisotopic (exact) mass is 378 g/mol. The lowest BCUT2D eigenvalue weighted by molar-refractivity contribution is -0.210. The van der Waals surface area contributed by atoms with Crippen LogP contribution in [0, 0.1) is 5.82 Å². The summed E-state index contributed by atoms with van der Waals surface area (Å²) in [6.45, 7) is 4.01. The van der Waals surface area contributed by atoms with Gasteiger partial charge in [-0.2, -0.15) is 22.5 Å². The Kier molecular flexibility index (Phi) is 5.13. The third-order valence-corrected chi connectivity index (χ3v) is 3.58. The molecule has 144 valence electrons. The molecule has 1 aromatic carbocycles. The van der Waals surface area contributed by atoms with Crippen LogP contribution in [0.2, 0.25) is 0 Å². The van der Waals surface area contributed by atoms with Crippen molar-refractivity contribution in [1.29, 1.82) is 0 Å². The SMILES string of the molecule is Cn1nnn(-c2cc(C(C)(C)C)c(F)cc2OCC(O)C(F)(F)F)c1=O. The third-order valence-electron chi connectivity index (χ3n) is 3.58. The number of aryl methyl sites for hydroxylation is 1. The predicted molar refractivity (Wildman–Crippen MR) is 82.8 cm³/mol. The number of aliphatic hydroxyl groups excluding tert-OH is 1. The summed E-state index contributed by atoms with van der Waals surface area (Å²) in [5.41, 5.74) is -1.23. The summed E-state index contributed by atoms with van der Waals surface area (Å²) in [4.78, 5) is 12.1. The van der Waals surface area contributed by atoms with Crippen molar-refractivity contribution in [2.45, 2.75) is 38.5 Å². The number of aliphatic hydroxyl groups is 1. The average Bonchev–Trinajstić information content (AvgIpc) is 2.82. The molecule has 0 aliphatic carbocycles. The van der Waals surface area contributed by atoms with Gasteiger partial charge in [-0.1, -0.05) is 20.8 Å². The molecule has 0 radical (unpaired) electrons. The molecule has 1 atom stereocenters. The van der Waals surface area contributed by atoms with Crippen molar-refractivity contribution in [3.63, 3.8) is 0 Å². The van der Waals surface area contributed by atoms with Crippen molar-refractivity contribution >= 4 is 0 Å². The zero-order valence-corrected chi connectivity index (χ0v) is 14.5. The van der Waals surface area contributed by atoms with Gasteiger partial charge in [0.25, 0.3) is 0 Å². The van der Waals surface area contributed by atoms with Crippen LogP contribution in [-0.4, -0.2) is 43.8 Å². The van der Waals surface area contributed by atoms with Crippen molar-refractivity contribution in [1.82, 2.24) is 19.8 Å². The minimum atomic E-state index is -4.90. The van der Waals surface area contributed by atoms with E-state index in [1.54, 1.807) is 20.8 Å². The van der Waals surface area contributed by atoms with E-state index in [0.29, 0.717) is 0 Å². The van der Waals surface area contributed by atoms with Crippen LogP contribution in [-0.2, 0) is 12.5 Å². The molecule has 0 spiro atoms. The van der Waals surface area contributed by atoms with Gasteiger partial charge in [-0.05, 0) is 27.5 Å². The van der Waals surface area contributed by atoms with Gasteiger partial charge in [0.05, 0.1) is 0 Å². The Balaban J connectivity index is 2.54. The number of rotatable bonds is 4. The molecule has 0 amide bonds. The molecule has 0 bridgehead atoms. The number of hydrogen-bond donors (Lipinski definition) is 1. The highest BCUT2D eigenvalue weighted by Crippen LogP contribution is 2.33. The lowest BCUT2D eigenvalue weighted by atomic mass is 9.86. The highest BCUT2D eigenvalue weighted by Gasteiger charge is 2.39. The van der Waals surface area contributed by atoms with Gasteiger partial charge in [0.2, 0.25) is 0 Å². The number of nitrogens with zero attached hydrogens (tertiary/aromatic N) is 4. The van der Waals surface area contributed by atoms with E-state index in [1.807, 2.05) is 0 Å². The van der Waals surface area contributed by atoms with Gasteiger partial charge in [0.15, 0.2) is 6.10 Å². The molecule has 1 aromatic heterocycles.